The van der Waals surface area contributed by atoms with Crippen molar-refractivity contribution in [2.24, 2.45) is 0 Å². The SMILES string of the molecule is C[C@H]1COC[C@H](C)N1c1cc(C2(S(=O)(=O)c3ccccc3)CC2)nc(-c2ccc(NC(=O)NCCF)cc2)n1. The Kier molecular flexibility index (Phi) is 7.55. The second-order valence-corrected chi connectivity index (χ2v) is 12.3. The third kappa shape index (κ3) is 5.33. The zero-order chi connectivity index (χ0) is 27.6. The molecule has 206 valence electrons. The highest BCUT2D eigenvalue weighted by Gasteiger charge is 2.58. The van der Waals surface area contributed by atoms with Crippen molar-refractivity contribution in [3.05, 3.63) is 66.4 Å². The lowest BCUT2D eigenvalue weighted by molar-refractivity contribution is 0.0752. The summed E-state index contributed by atoms with van der Waals surface area (Å²) in [4.78, 5) is 24.0. The molecule has 1 aliphatic carbocycles. The summed E-state index contributed by atoms with van der Waals surface area (Å²) in [6.45, 7) is 4.47. The third-order valence-corrected chi connectivity index (χ3v) is 9.70. The summed E-state index contributed by atoms with van der Waals surface area (Å²) in [6, 6.07) is 16.8. The predicted molar refractivity (Wildman–Crippen MR) is 147 cm³/mol. The fraction of sp³-hybridized carbons (Fsp3) is 0.393. The highest BCUT2D eigenvalue weighted by Crippen LogP contribution is 2.55. The Morgan fingerprint density at radius 1 is 1.05 bits per heavy atom. The maximum absolute atomic E-state index is 13.8. The first kappa shape index (κ1) is 27.0. The number of carbonyl (C=O) groups is 1. The highest BCUT2D eigenvalue weighted by molar-refractivity contribution is 7.92. The van der Waals surface area contributed by atoms with Crippen LogP contribution in [-0.4, -0.2) is 62.9 Å². The summed E-state index contributed by atoms with van der Waals surface area (Å²) >= 11 is 0. The van der Waals surface area contributed by atoms with Crippen molar-refractivity contribution in [2.45, 2.75) is 48.4 Å². The lowest BCUT2D eigenvalue weighted by Gasteiger charge is -2.40. The van der Waals surface area contributed by atoms with Crippen LogP contribution in [0.1, 0.15) is 32.4 Å². The van der Waals surface area contributed by atoms with Crippen molar-refractivity contribution in [1.29, 1.82) is 0 Å². The first-order valence-electron chi connectivity index (χ1n) is 13.0. The molecule has 39 heavy (non-hydrogen) atoms. The van der Waals surface area contributed by atoms with E-state index in [0.29, 0.717) is 54.6 Å². The quantitative estimate of drug-likeness (QED) is 0.427. The van der Waals surface area contributed by atoms with Gasteiger partial charge in [0.2, 0.25) is 0 Å². The molecule has 0 unspecified atom stereocenters. The molecule has 2 amide bonds. The smallest absolute Gasteiger partial charge is 0.319 e. The van der Waals surface area contributed by atoms with Gasteiger partial charge in [-0.1, -0.05) is 18.2 Å². The van der Waals surface area contributed by atoms with Crippen LogP contribution in [0.3, 0.4) is 0 Å². The maximum Gasteiger partial charge on any atom is 0.319 e. The van der Waals surface area contributed by atoms with Gasteiger partial charge in [0, 0.05) is 23.9 Å². The van der Waals surface area contributed by atoms with Crippen molar-refractivity contribution < 1.29 is 22.3 Å². The van der Waals surface area contributed by atoms with Crippen LogP contribution in [0.5, 0.6) is 0 Å². The average molecular weight is 554 g/mol. The Hall–Kier alpha value is -3.57. The minimum Gasteiger partial charge on any atom is -0.377 e. The molecule has 1 saturated carbocycles. The summed E-state index contributed by atoms with van der Waals surface area (Å²) in [5.41, 5.74) is 1.67. The maximum atomic E-state index is 13.8. The zero-order valence-corrected chi connectivity index (χ0v) is 22.7. The fourth-order valence-corrected chi connectivity index (χ4v) is 7.01. The normalized spacial score (nSPS) is 20.3. The lowest BCUT2D eigenvalue weighted by atomic mass is 10.1. The standard InChI is InChI=1S/C28H32FN5O4S/c1-19-17-38-18-20(2)34(19)25-16-24(28(12-13-28)39(36,37)23-6-4-3-5-7-23)32-26(33-25)21-8-10-22(11-9-21)31-27(35)30-15-14-29/h3-11,16,19-20H,12-15,17-18H2,1-2H3,(H2,30,31,35)/t19-,20-/m0/s1. The molecule has 2 heterocycles. The van der Waals surface area contributed by atoms with Crippen molar-refractivity contribution in [2.75, 3.05) is 36.6 Å². The number of aromatic nitrogens is 2. The van der Waals surface area contributed by atoms with Crippen LogP contribution in [0.25, 0.3) is 11.4 Å². The number of urea groups is 1. The van der Waals surface area contributed by atoms with Crippen LogP contribution in [0, 0.1) is 0 Å². The third-order valence-electron chi connectivity index (χ3n) is 7.16. The molecule has 2 aromatic carbocycles. The van der Waals surface area contributed by atoms with E-state index in [2.05, 4.69) is 29.4 Å². The van der Waals surface area contributed by atoms with Crippen molar-refractivity contribution in [1.82, 2.24) is 15.3 Å². The number of morpholine rings is 1. The van der Waals surface area contributed by atoms with Gasteiger partial charge in [-0.05, 0) is 63.1 Å². The first-order chi connectivity index (χ1) is 18.7. The predicted octanol–water partition coefficient (Wildman–Crippen LogP) is 4.31. The van der Waals surface area contributed by atoms with E-state index in [0.717, 1.165) is 0 Å². The summed E-state index contributed by atoms with van der Waals surface area (Å²) in [6.07, 6.45) is 0.955. The number of benzene rings is 2. The van der Waals surface area contributed by atoms with Crippen molar-refractivity contribution >= 4 is 27.4 Å². The molecule has 11 heteroatoms. The molecule has 0 spiro atoms. The molecule has 1 saturated heterocycles. The van der Waals surface area contributed by atoms with Crippen molar-refractivity contribution in [3.8, 4) is 11.4 Å². The van der Waals surface area contributed by atoms with E-state index in [-0.39, 0.29) is 23.5 Å². The van der Waals surface area contributed by atoms with Gasteiger partial charge in [-0.25, -0.2) is 27.6 Å². The number of nitrogens with one attached hydrogen (secondary N) is 2. The van der Waals surface area contributed by atoms with Gasteiger partial charge in [-0.2, -0.15) is 0 Å². The van der Waals surface area contributed by atoms with Crippen LogP contribution in [-0.2, 0) is 19.3 Å². The second-order valence-electron chi connectivity index (χ2n) is 10.0. The molecule has 2 atom stereocenters. The Balaban J connectivity index is 1.55. The van der Waals surface area contributed by atoms with Crippen LogP contribution in [0.4, 0.5) is 20.7 Å². The Bertz CT molecular complexity index is 1420. The molecule has 5 rings (SSSR count). The van der Waals surface area contributed by atoms with E-state index in [1.807, 2.05) is 6.07 Å². The number of hydrogen-bond donors (Lipinski definition) is 2. The summed E-state index contributed by atoms with van der Waals surface area (Å²) in [5, 5.41) is 5.07. The van der Waals surface area contributed by atoms with Gasteiger partial charge < -0.3 is 20.3 Å². The molecule has 1 aliphatic heterocycles. The molecular weight excluding hydrogens is 521 g/mol. The van der Waals surface area contributed by atoms with Gasteiger partial charge in [-0.15, -0.1) is 0 Å². The summed E-state index contributed by atoms with van der Waals surface area (Å²) in [5.74, 6) is 1.05. The van der Waals surface area contributed by atoms with Gasteiger partial charge in [0.25, 0.3) is 0 Å². The minimum atomic E-state index is -3.70. The van der Waals surface area contributed by atoms with Gasteiger partial charge >= 0.3 is 6.03 Å². The van der Waals surface area contributed by atoms with Gasteiger partial charge in [-0.3, -0.25) is 0 Å². The molecule has 9 nitrogen and oxygen atoms in total. The number of amides is 2. The molecule has 2 N–H and O–H groups in total. The molecule has 3 aromatic rings. The van der Waals surface area contributed by atoms with Crippen LogP contribution in [0.2, 0.25) is 0 Å². The number of alkyl halides is 1. The van der Waals surface area contributed by atoms with E-state index in [4.69, 9.17) is 14.7 Å². The number of anilines is 2. The molecule has 2 aliphatic rings. The number of halogens is 1. The van der Waals surface area contributed by atoms with E-state index in [9.17, 15) is 17.6 Å². The first-order valence-corrected chi connectivity index (χ1v) is 14.5. The fourth-order valence-electron chi connectivity index (χ4n) is 5.02. The summed E-state index contributed by atoms with van der Waals surface area (Å²) < 4.78 is 44.6. The van der Waals surface area contributed by atoms with E-state index < -0.39 is 27.3 Å². The van der Waals surface area contributed by atoms with E-state index >= 15 is 0 Å². The van der Waals surface area contributed by atoms with Crippen LogP contribution < -0.4 is 15.5 Å². The highest BCUT2D eigenvalue weighted by atomic mass is 32.2. The van der Waals surface area contributed by atoms with Gasteiger partial charge in [0.1, 0.15) is 17.2 Å². The number of sulfone groups is 1. The molecule has 2 fully saturated rings. The Morgan fingerprint density at radius 3 is 2.33 bits per heavy atom. The van der Waals surface area contributed by atoms with Gasteiger partial charge in [0.05, 0.1) is 35.9 Å². The van der Waals surface area contributed by atoms with Gasteiger partial charge in [0.15, 0.2) is 15.7 Å². The number of nitrogens with zero attached hydrogens (tertiary/aromatic N) is 3. The molecule has 1 aromatic heterocycles. The minimum absolute atomic E-state index is 0.0413. The van der Waals surface area contributed by atoms with Crippen LogP contribution in [0.15, 0.2) is 65.6 Å². The Morgan fingerprint density at radius 2 is 1.72 bits per heavy atom. The molecule has 0 bridgehead atoms. The zero-order valence-electron chi connectivity index (χ0n) is 21.9. The Labute approximate surface area is 227 Å². The summed E-state index contributed by atoms with van der Waals surface area (Å²) in [7, 11) is -3.70. The molecule has 0 radical (unpaired) electrons. The molecular formula is C28H32FN5O4S. The van der Waals surface area contributed by atoms with E-state index in [1.54, 1.807) is 54.6 Å². The monoisotopic (exact) mass is 553 g/mol. The largest absolute Gasteiger partial charge is 0.377 e. The number of carbonyl (C=O) groups excluding carboxylic acids is 1. The topological polar surface area (TPSA) is 114 Å². The second kappa shape index (κ2) is 10.9. The van der Waals surface area contributed by atoms with Crippen LogP contribution >= 0.6 is 0 Å². The van der Waals surface area contributed by atoms with Crippen molar-refractivity contribution in [3.63, 3.8) is 0 Å². The number of rotatable bonds is 8. The number of hydrogen-bond acceptors (Lipinski definition) is 7. The number of ether oxygens (including phenoxy) is 1. The average Bonchev–Trinajstić information content (AvgIpc) is 3.76. The lowest BCUT2D eigenvalue weighted by Crippen LogP contribution is -2.50. The van der Waals surface area contributed by atoms with E-state index in [1.165, 1.54) is 0 Å².